The fourth-order valence-corrected chi connectivity index (χ4v) is 1.97. The maximum Gasteiger partial charge on any atom is 0.273 e. The quantitative estimate of drug-likeness (QED) is 0.695. The zero-order chi connectivity index (χ0) is 14.7. The van der Waals surface area contributed by atoms with Crippen molar-refractivity contribution >= 4 is 34.9 Å². The number of hydrogen-bond acceptors (Lipinski definition) is 3. The number of alkyl halides is 2. The molecule has 0 aliphatic rings. The highest BCUT2D eigenvalue weighted by Crippen LogP contribution is 2.15. The van der Waals surface area contributed by atoms with Gasteiger partial charge in [0.15, 0.2) is 0 Å². The van der Waals surface area contributed by atoms with Crippen LogP contribution in [0.2, 0.25) is 10.4 Å². The highest BCUT2D eigenvalue weighted by Gasteiger charge is 2.15. The monoisotopic (exact) mass is 320 g/mol. The topological polar surface area (TPSA) is 59.8 Å². The molecule has 5 nitrogen and oxygen atoms in total. The number of halogens is 4. The number of aromatic nitrogens is 3. The van der Waals surface area contributed by atoms with Crippen LogP contribution < -0.4 is 5.32 Å². The van der Waals surface area contributed by atoms with Crippen LogP contribution in [0.15, 0.2) is 24.4 Å². The molecule has 0 unspecified atom stereocenters. The fourth-order valence-electron chi connectivity index (χ4n) is 1.56. The lowest BCUT2D eigenvalue weighted by Gasteiger charge is -2.09. The van der Waals surface area contributed by atoms with Gasteiger partial charge in [-0.3, -0.25) is 4.79 Å². The van der Waals surface area contributed by atoms with Crippen molar-refractivity contribution in [2.75, 3.05) is 5.32 Å². The van der Waals surface area contributed by atoms with Gasteiger partial charge in [0.1, 0.15) is 16.7 Å². The first-order chi connectivity index (χ1) is 9.45. The molecule has 0 spiro atoms. The van der Waals surface area contributed by atoms with E-state index in [1.165, 1.54) is 24.4 Å². The van der Waals surface area contributed by atoms with Gasteiger partial charge in [0.2, 0.25) is 5.28 Å². The lowest BCUT2D eigenvalue weighted by molar-refractivity contribution is 0.0997. The number of amides is 1. The number of nitrogens with zero attached hydrogens (tertiary/aromatic N) is 3. The van der Waals surface area contributed by atoms with E-state index < -0.39 is 18.9 Å². The molecular formula is C11H8Cl2F2N4O. The van der Waals surface area contributed by atoms with Gasteiger partial charge in [-0.25, -0.2) is 18.7 Å². The van der Waals surface area contributed by atoms with Gasteiger partial charge in [-0.2, -0.15) is 0 Å². The molecule has 0 saturated carbocycles. The first-order valence-electron chi connectivity index (χ1n) is 5.40. The van der Waals surface area contributed by atoms with Crippen molar-refractivity contribution in [3.8, 4) is 0 Å². The van der Waals surface area contributed by atoms with Crippen LogP contribution in [0.25, 0.3) is 0 Å². The largest absolute Gasteiger partial charge is 0.338 e. The standard InChI is InChI=1S/C11H8Cl2F2N4O/c12-7-4-9(18-11(13)16-7)17-10(20)6-2-1-3-19(6)5-8(14)15/h1-4,8H,5H2,(H,16,17,18,20). The van der Waals surface area contributed by atoms with Crippen LogP contribution in [0.1, 0.15) is 10.5 Å². The summed E-state index contributed by atoms with van der Waals surface area (Å²) in [5, 5.41) is 2.34. The third kappa shape index (κ3) is 3.64. The number of nitrogens with one attached hydrogen (secondary N) is 1. The molecule has 0 fully saturated rings. The van der Waals surface area contributed by atoms with Crippen molar-refractivity contribution in [1.29, 1.82) is 0 Å². The van der Waals surface area contributed by atoms with E-state index in [0.717, 1.165) is 4.57 Å². The molecular weight excluding hydrogens is 313 g/mol. The minimum absolute atomic E-state index is 0.0586. The third-order valence-electron chi connectivity index (χ3n) is 2.31. The average Bonchev–Trinajstić information content (AvgIpc) is 2.74. The van der Waals surface area contributed by atoms with E-state index in [1.54, 1.807) is 0 Å². The van der Waals surface area contributed by atoms with E-state index >= 15 is 0 Å². The Morgan fingerprint density at radius 3 is 2.80 bits per heavy atom. The summed E-state index contributed by atoms with van der Waals surface area (Å²) in [5.74, 6) is -0.508. The zero-order valence-electron chi connectivity index (χ0n) is 9.86. The van der Waals surface area contributed by atoms with E-state index in [-0.39, 0.29) is 21.9 Å². The highest BCUT2D eigenvalue weighted by atomic mass is 35.5. The molecule has 0 bridgehead atoms. The number of anilines is 1. The summed E-state index contributed by atoms with van der Waals surface area (Å²) in [4.78, 5) is 19.4. The molecule has 2 aromatic rings. The van der Waals surface area contributed by atoms with E-state index in [1.807, 2.05) is 0 Å². The molecule has 9 heteroatoms. The van der Waals surface area contributed by atoms with Gasteiger partial charge in [-0.05, 0) is 23.7 Å². The lowest BCUT2D eigenvalue weighted by atomic mass is 10.4. The molecule has 1 amide bonds. The van der Waals surface area contributed by atoms with Crippen LogP contribution in [0, 0.1) is 0 Å². The molecule has 0 aliphatic heterocycles. The van der Waals surface area contributed by atoms with Gasteiger partial charge in [0.05, 0.1) is 6.54 Å². The molecule has 2 rings (SSSR count). The predicted molar refractivity (Wildman–Crippen MR) is 70.4 cm³/mol. The van der Waals surface area contributed by atoms with E-state index in [4.69, 9.17) is 23.2 Å². The lowest BCUT2D eigenvalue weighted by Crippen LogP contribution is -2.19. The molecule has 0 aliphatic carbocycles. The first kappa shape index (κ1) is 14.7. The molecule has 1 N–H and O–H groups in total. The van der Waals surface area contributed by atoms with Crippen LogP contribution in [-0.2, 0) is 6.54 Å². The molecule has 2 heterocycles. The average molecular weight is 321 g/mol. The van der Waals surface area contributed by atoms with Gasteiger partial charge >= 0.3 is 0 Å². The summed E-state index contributed by atoms with van der Waals surface area (Å²) in [5.41, 5.74) is 0.0798. The van der Waals surface area contributed by atoms with Crippen LogP contribution in [0.5, 0.6) is 0 Å². The molecule has 106 valence electrons. The van der Waals surface area contributed by atoms with E-state index in [9.17, 15) is 13.6 Å². The van der Waals surface area contributed by atoms with Gasteiger partial charge in [0, 0.05) is 12.3 Å². The maximum absolute atomic E-state index is 12.4. The second-order valence-electron chi connectivity index (χ2n) is 3.74. The Morgan fingerprint density at radius 1 is 1.40 bits per heavy atom. The summed E-state index contributed by atoms with van der Waals surface area (Å²) in [7, 11) is 0. The minimum Gasteiger partial charge on any atom is -0.338 e. The van der Waals surface area contributed by atoms with Crippen molar-refractivity contribution < 1.29 is 13.6 Å². The Labute approximate surface area is 122 Å². The highest BCUT2D eigenvalue weighted by molar-refractivity contribution is 6.32. The second-order valence-corrected chi connectivity index (χ2v) is 4.46. The molecule has 0 aromatic carbocycles. The normalized spacial score (nSPS) is 10.8. The number of rotatable bonds is 4. The fraction of sp³-hybridized carbons (Fsp3) is 0.182. The van der Waals surface area contributed by atoms with Gasteiger partial charge < -0.3 is 9.88 Å². The first-order valence-corrected chi connectivity index (χ1v) is 6.16. The summed E-state index contributed by atoms with van der Waals surface area (Å²) >= 11 is 11.3. The van der Waals surface area contributed by atoms with Crippen LogP contribution in [0.4, 0.5) is 14.6 Å². The Morgan fingerprint density at radius 2 is 2.15 bits per heavy atom. The van der Waals surface area contributed by atoms with E-state index in [0.29, 0.717) is 0 Å². The number of carbonyl (C=O) groups excluding carboxylic acids is 1. The SMILES string of the molecule is O=C(Nc1cc(Cl)nc(Cl)n1)c1cccn1CC(F)F. The van der Waals surface area contributed by atoms with Crippen molar-refractivity contribution in [2.24, 2.45) is 0 Å². The Balaban J connectivity index is 2.18. The van der Waals surface area contributed by atoms with Crippen LogP contribution >= 0.6 is 23.2 Å². The van der Waals surface area contributed by atoms with Crippen LogP contribution in [-0.4, -0.2) is 26.9 Å². The number of carbonyl (C=O) groups is 1. The predicted octanol–water partition coefficient (Wildman–Crippen LogP) is 3.10. The van der Waals surface area contributed by atoms with Gasteiger partial charge in [-0.1, -0.05) is 11.6 Å². The summed E-state index contributed by atoms with van der Waals surface area (Å²) in [6.07, 6.45) is -1.17. The van der Waals surface area contributed by atoms with Crippen molar-refractivity contribution in [3.05, 3.63) is 40.5 Å². The zero-order valence-corrected chi connectivity index (χ0v) is 11.4. The Kier molecular flexibility index (Phi) is 4.51. The summed E-state index contributed by atoms with van der Waals surface area (Å²) in [6.45, 7) is -0.568. The molecule has 2 aromatic heterocycles. The van der Waals surface area contributed by atoms with Gasteiger partial charge in [0.25, 0.3) is 12.3 Å². The second kappa shape index (κ2) is 6.15. The maximum atomic E-state index is 12.4. The van der Waals surface area contributed by atoms with Gasteiger partial charge in [-0.15, -0.1) is 0 Å². The smallest absolute Gasteiger partial charge is 0.273 e. The molecule has 0 saturated heterocycles. The molecule has 0 atom stereocenters. The van der Waals surface area contributed by atoms with Crippen molar-refractivity contribution in [1.82, 2.24) is 14.5 Å². The van der Waals surface area contributed by atoms with Crippen molar-refractivity contribution in [3.63, 3.8) is 0 Å². The summed E-state index contributed by atoms with van der Waals surface area (Å²) < 4.78 is 25.9. The Bertz CT molecular complexity index is 612. The molecule has 0 radical (unpaired) electrons. The van der Waals surface area contributed by atoms with Crippen molar-refractivity contribution in [2.45, 2.75) is 13.0 Å². The third-order valence-corrected chi connectivity index (χ3v) is 2.67. The minimum atomic E-state index is -2.56. The summed E-state index contributed by atoms with van der Waals surface area (Å²) in [6, 6.07) is 4.21. The number of hydrogen-bond donors (Lipinski definition) is 1. The Hall–Kier alpha value is -1.73. The molecule has 20 heavy (non-hydrogen) atoms. The van der Waals surface area contributed by atoms with E-state index in [2.05, 4.69) is 15.3 Å². The van der Waals surface area contributed by atoms with Crippen LogP contribution in [0.3, 0.4) is 0 Å².